The van der Waals surface area contributed by atoms with Gasteiger partial charge < -0.3 is 5.32 Å². The van der Waals surface area contributed by atoms with Gasteiger partial charge in [0.1, 0.15) is 5.82 Å². The van der Waals surface area contributed by atoms with Crippen LogP contribution in [0.4, 0.5) is 0 Å². The number of hydrogen-bond donors (Lipinski definition) is 1. The third-order valence-electron chi connectivity index (χ3n) is 2.96. The van der Waals surface area contributed by atoms with Gasteiger partial charge in [-0.15, -0.1) is 10.2 Å². The summed E-state index contributed by atoms with van der Waals surface area (Å²) in [7, 11) is 0. The van der Waals surface area contributed by atoms with Gasteiger partial charge in [-0.25, -0.2) is 4.98 Å². The summed E-state index contributed by atoms with van der Waals surface area (Å²) < 4.78 is 1.78. The average Bonchev–Trinajstić information content (AvgIpc) is 2.89. The van der Waals surface area contributed by atoms with Crippen LogP contribution in [0.5, 0.6) is 0 Å². The molecule has 0 unspecified atom stereocenters. The highest BCUT2D eigenvalue weighted by atomic mass is 15.4. The van der Waals surface area contributed by atoms with Crippen molar-refractivity contribution < 1.29 is 0 Å². The summed E-state index contributed by atoms with van der Waals surface area (Å²) in [5.41, 5.74) is 0.927. The van der Waals surface area contributed by atoms with Crippen LogP contribution in [0.1, 0.15) is 45.0 Å². The minimum atomic E-state index is 0.436. The lowest BCUT2D eigenvalue weighted by molar-refractivity contribution is 0.576. The van der Waals surface area contributed by atoms with Crippen LogP contribution in [-0.2, 0) is 19.4 Å². The Labute approximate surface area is 119 Å². The maximum atomic E-state index is 4.48. The van der Waals surface area contributed by atoms with Crippen LogP contribution in [0, 0.1) is 0 Å². The van der Waals surface area contributed by atoms with Crippen molar-refractivity contribution in [2.75, 3.05) is 0 Å². The summed E-state index contributed by atoms with van der Waals surface area (Å²) in [6.45, 7) is 9.05. The van der Waals surface area contributed by atoms with E-state index in [9.17, 15) is 0 Å². The maximum absolute atomic E-state index is 4.48. The smallest absolute Gasteiger partial charge is 0.177 e. The molecule has 0 bridgehead atoms. The number of rotatable bonds is 6. The predicted octanol–water partition coefficient (Wildman–Crippen LogP) is 1.68. The maximum Gasteiger partial charge on any atom is 0.177 e. The van der Waals surface area contributed by atoms with Crippen LogP contribution in [-0.4, -0.2) is 31.0 Å². The van der Waals surface area contributed by atoms with Crippen LogP contribution >= 0.6 is 0 Å². The van der Waals surface area contributed by atoms with Crippen molar-refractivity contribution in [1.29, 1.82) is 0 Å². The number of hydrogen-bond acceptors (Lipinski definition) is 5. The van der Waals surface area contributed by atoms with E-state index in [1.54, 1.807) is 4.68 Å². The average molecular weight is 274 g/mol. The topological polar surface area (TPSA) is 68.5 Å². The van der Waals surface area contributed by atoms with Crippen molar-refractivity contribution in [2.45, 2.75) is 53.1 Å². The van der Waals surface area contributed by atoms with E-state index in [1.807, 2.05) is 19.1 Å². The third-order valence-corrected chi connectivity index (χ3v) is 2.96. The zero-order chi connectivity index (χ0) is 14.5. The van der Waals surface area contributed by atoms with E-state index in [0.29, 0.717) is 6.04 Å². The summed E-state index contributed by atoms with van der Waals surface area (Å²) in [5.74, 6) is 2.49. The van der Waals surface area contributed by atoms with Gasteiger partial charge >= 0.3 is 0 Å². The first kappa shape index (κ1) is 14.6. The molecule has 0 spiro atoms. The number of aryl methyl sites for hydroxylation is 2. The molecule has 0 fully saturated rings. The van der Waals surface area contributed by atoms with Gasteiger partial charge in [-0.2, -0.15) is 9.78 Å². The first-order chi connectivity index (χ1) is 9.63. The second-order valence-electron chi connectivity index (χ2n) is 4.98. The lowest BCUT2D eigenvalue weighted by atomic mass is 10.3. The molecule has 108 valence electrons. The lowest BCUT2D eigenvalue weighted by Gasteiger charge is -2.07. The molecule has 0 aliphatic carbocycles. The zero-order valence-electron chi connectivity index (χ0n) is 12.6. The molecule has 1 N–H and O–H groups in total. The van der Waals surface area contributed by atoms with Gasteiger partial charge in [0.15, 0.2) is 11.6 Å². The molecular weight excluding hydrogens is 252 g/mol. The van der Waals surface area contributed by atoms with Crippen molar-refractivity contribution in [3.63, 3.8) is 0 Å². The number of nitrogens with one attached hydrogen (secondary N) is 1. The van der Waals surface area contributed by atoms with Crippen LogP contribution in [0.2, 0.25) is 0 Å². The van der Waals surface area contributed by atoms with Crippen LogP contribution in [0.3, 0.4) is 0 Å². The molecule has 6 heteroatoms. The fourth-order valence-corrected chi connectivity index (χ4v) is 1.82. The van der Waals surface area contributed by atoms with E-state index in [4.69, 9.17) is 0 Å². The van der Waals surface area contributed by atoms with Crippen LogP contribution in [0.15, 0.2) is 12.1 Å². The number of aromatic nitrogens is 5. The highest BCUT2D eigenvalue weighted by Gasteiger charge is 2.10. The second-order valence-corrected chi connectivity index (χ2v) is 4.98. The zero-order valence-corrected chi connectivity index (χ0v) is 12.6. The van der Waals surface area contributed by atoms with Gasteiger partial charge in [0, 0.05) is 25.4 Å². The summed E-state index contributed by atoms with van der Waals surface area (Å²) >= 11 is 0. The van der Waals surface area contributed by atoms with Crippen molar-refractivity contribution in [2.24, 2.45) is 0 Å². The van der Waals surface area contributed by atoms with Gasteiger partial charge in [-0.1, -0.05) is 27.7 Å². The first-order valence-electron chi connectivity index (χ1n) is 7.15. The molecule has 0 radical (unpaired) electrons. The fourth-order valence-electron chi connectivity index (χ4n) is 1.82. The SMILES string of the molecule is CCc1nc(CC)n(-c2ccc(CNC(C)C)nn2)n1. The van der Waals surface area contributed by atoms with Gasteiger partial charge in [-0.3, -0.25) is 0 Å². The fraction of sp³-hybridized carbons (Fsp3) is 0.571. The van der Waals surface area contributed by atoms with E-state index in [2.05, 4.69) is 46.4 Å². The van der Waals surface area contributed by atoms with E-state index < -0.39 is 0 Å². The Kier molecular flexibility index (Phi) is 4.79. The Hall–Kier alpha value is -1.82. The van der Waals surface area contributed by atoms with E-state index in [0.717, 1.165) is 42.5 Å². The molecule has 0 amide bonds. The Bertz CT molecular complexity index is 543. The minimum Gasteiger partial charge on any atom is -0.309 e. The van der Waals surface area contributed by atoms with Gasteiger partial charge in [-0.05, 0) is 12.1 Å². The standard InChI is InChI=1S/C14H22N6/c1-5-12-16-13(6-2)20(19-12)14-8-7-11(17-18-14)9-15-10(3)4/h7-8,10,15H,5-6,9H2,1-4H3. The van der Waals surface area contributed by atoms with Gasteiger partial charge in [0.25, 0.3) is 0 Å². The summed E-state index contributed by atoms with van der Waals surface area (Å²) in [6.07, 6.45) is 1.65. The third kappa shape index (κ3) is 3.39. The number of nitrogens with zero attached hydrogens (tertiary/aromatic N) is 5. The Morgan fingerprint density at radius 3 is 2.50 bits per heavy atom. The lowest BCUT2D eigenvalue weighted by Crippen LogP contribution is -2.22. The highest BCUT2D eigenvalue weighted by Crippen LogP contribution is 2.08. The Morgan fingerprint density at radius 2 is 1.95 bits per heavy atom. The molecule has 2 aromatic rings. The molecule has 0 atom stereocenters. The Morgan fingerprint density at radius 1 is 1.15 bits per heavy atom. The molecule has 2 heterocycles. The molecule has 20 heavy (non-hydrogen) atoms. The van der Waals surface area contributed by atoms with E-state index in [1.165, 1.54) is 0 Å². The molecule has 0 aliphatic rings. The van der Waals surface area contributed by atoms with E-state index in [-0.39, 0.29) is 0 Å². The minimum absolute atomic E-state index is 0.436. The summed E-state index contributed by atoms with van der Waals surface area (Å²) in [6, 6.07) is 4.35. The largest absolute Gasteiger partial charge is 0.309 e. The molecular formula is C14H22N6. The quantitative estimate of drug-likeness (QED) is 0.868. The van der Waals surface area contributed by atoms with Crippen LogP contribution < -0.4 is 5.32 Å². The molecule has 0 saturated heterocycles. The Balaban J connectivity index is 2.19. The molecule has 0 aromatic carbocycles. The summed E-state index contributed by atoms with van der Waals surface area (Å²) in [4.78, 5) is 4.48. The first-order valence-corrected chi connectivity index (χ1v) is 7.15. The molecule has 6 nitrogen and oxygen atoms in total. The summed E-state index contributed by atoms with van der Waals surface area (Å²) in [5, 5.41) is 16.3. The van der Waals surface area contributed by atoms with Crippen LogP contribution in [0.25, 0.3) is 5.82 Å². The second kappa shape index (κ2) is 6.56. The van der Waals surface area contributed by atoms with Crippen molar-refractivity contribution >= 4 is 0 Å². The monoisotopic (exact) mass is 274 g/mol. The van der Waals surface area contributed by atoms with Gasteiger partial charge in [0.2, 0.25) is 0 Å². The molecule has 0 aliphatic heterocycles. The van der Waals surface area contributed by atoms with E-state index >= 15 is 0 Å². The molecule has 2 rings (SSSR count). The normalized spacial score (nSPS) is 11.2. The molecule has 0 saturated carbocycles. The van der Waals surface area contributed by atoms with Crippen molar-refractivity contribution in [3.8, 4) is 5.82 Å². The van der Waals surface area contributed by atoms with Crippen molar-refractivity contribution in [3.05, 3.63) is 29.5 Å². The predicted molar refractivity (Wildman–Crippen MR) is 77.7 cm³/mol. The highest BCUT2D eigenvalue weighted by molar-refractivity contribution is 5.22. The van der Waals surface area contributed by atoms with Gasteiger partial charge in [0.05, 0.1) is 5.69 Å². The van der Waals surface area contributed by atoms with Crippen molar-refractivity contribution in [1.82, 2.24) is 30.3 Å². The molecule has 2 aromatic heterocycles.